The van der Waals surface area contributed by atoms with E-state index in [0.29, 0.717) is 18.2 Å². The first-order chi connectivity index (χ1) is 19.9. The van der Waals surface area contributed by atoms with Gasteiger partial charge in [0.15, 0.2) is 5.78 Å². The Kier molecular flexibility index (Phi) is 8.90. The van der Waals surface area contributed by atoms with Crippen LogP contribution in [0.15, 0.2) is 48.5 Å². The summed E-state index contributed by atoms with van der Waals surface area (Å²) in [6, 6.07) is 6.14. The predicted molar refractivity (Wildman–Crippen MR) is 136 cm³/mol. The van der Waals surface area contributed by atoms with Crippen LogP contribution in [0, 0.1) is 29.2 Å². The second-order valence-electron chi connectivity index (χ2n) is 9.59. The van der Waals surface area contributed by atoms with Crippen molar-refractivity contribution in [1.82, 2.24) is 0 Å². The van der Waals surface area contributed by atoms with E-state index in [4.69, 9.17) is 23.2 Å². The van der Waals surface area contributed by atoms with E-state index in [9.17, 15) is 53.9 Å². The molecule has 1 amide bonds. The lowest BCUT2D eigenvalue weighted by Crippen LogP contribution is -2.18. The highest BCUT2D eigenvalue weighted by molar-refractivity contribution is 6.53. The van der Waals surface area contributed by atoms with E-state index < -0.39 is 105 Å². The monoisotopic (exact) mass is 655 g/mol. The van der Waals surface area contributed by atoms with Gasteiger partial charge in [-0.05, 0) is 47.5 Å². The molecule has 0 spiro atoms. The van der Waals surface area contributed by atoms with Gasteiger partial charge in [0.25, 0.3) is 6.43 Å². The highest BCUT2D eigenvalue weighted by atomic mass is 35.5. The van der Waals surface area contributed by atoms with Crippen molar-refractivity contribution < 1.29 is 53.9 Å². The van der Waals surface area contributed by atoms with Gasteiger partial charge >= 0.3 is 6.18 Å². The summed E-state index contributed by atoms with van der Waals surface area (Å²) in [5.74, 6) is -11.7. The second kappa shape index (κ2) is 11.8. The summed E-state index contributed by atoms with van der Waals surface area (Å²) in [5, 5.41) is 2.31. The highest BCUT2D eigenvalue weighted by Crippen LogP contribution is 2.65. The number of benzene rings is 3. The largest absolute Gasteiger partial charge is 0.419 e. The van der Waals surface area contributed by atoms with Crippen LogP contribution >= 0.6 is 23.2 Å². The Morgan fingerprint density at radius 2 is 1.49 bits per heavy atom. The molecule has 228 valence electrons. The lowest BCUT2D eigenvalue weighted by molar-refractivity contribution is -0.140. The van der Waals surface area contributed by atoms with Gasteiger partial charge in [-0.3, -0.25) is 14.4 Å². The van der Waals surface area contributed by atoms with E-state index in [1.165, 1.54) is 0 Å². The van der Waals surface area contributed by atoms with E-state index in [1.807, 2.05) is 0 Å². The molecule has 1 saturated carbocycles. The van der Waals surface area contributed by atoms with Crippen LogP contribution in [0.4, 0.5) is 45.2 Å². The molecule has 15 heteroatoms. The van der Waals surface area contributed by atoms with Crippen LogP contribution < -0.4 is 5.32 Å². The Morgan fingerprint density at radius 3 is 2.12 bits per heavy atom. The van der Waals surface area contributed by atoms with Crippen LogP contribution in [-0.2, 0) is 28.6 Å². The Bertz CT molecular complexity index is 1630. The molecule has 3 aromatic rings. The Morgan fingerprint density at radius 1 is 0.860 bits per heavy atom. The summed E-state index contributed by atoms with van der Waals surface area (Å²) in [6.07, 6.45) is -10.7. The second-order valence-corrected chi connectivity index (χ2v) is 11.0. The van der Waals surface area contributed by atoms with Crippen LogP contribution in [0.2, 0.25) is 0 Å². The van der Waals surface area contributed by atoms with Crippen molar-refractivity contribution >= 4 is 46.4 Å². The molecule has 1 N–H and O–H groups in total. The third-order valence-electron chi connectivity index (χ3n) is 6.74. The van der Waals surface area contributed by atoms with Crippen LogP contribution in [0.1, 0.15) is 38.5 Å². The van der Waals surface area contributed by atoms with E-state index in [1.54, 1.807) is 0 Å². The smallest absolute Gasteiger partial charge is 0.326 e. The fourth-order valence-corrected chi connectivity index (χ4v) is 5.35. The maximum Gasteiger partial charge on any atom is 0.419 e. The van der Waals surface area contributed by atoms with Crippen molar-refractivity contribution in [2.24, 2.45) is 5.92 Å². The number of Topliss-reactive ketones (excluding diaryl/α,β-unsaturated/α-hetero) is 2. The van der Waals surface area contributed by atoms with Crippen LogP contribution in [0.3, 0.4) is 0 Å². The molecule has 0 aliphatic heterocycles. The van der Waals surface area contributed by atoms with Crippen LogP contribution in [0.25, 0.3) is 0 Å². The zero-order valence-corrected chi connectivity index (χ0v) is 22.7. The van der Waals surface area contributed by atoms with E-state index in [0.717, 1.165) is 30.3 Å². The number of halogens is 11. The van der Waals surface area contributed by atoms with Crippen molar-refractivity contribution in [2.45, 2.75) is 35.7 Å². The number of nitrogens with one attached hydrogen (secondary N) is 1. The minimum atomic E-state index is -5.03. The number of hydrogen-bond donors (Lipinski definition) is 1. The van der Waals surface area contributed by atoms with Gasteiger partial charge in [0.05, 0.1) is 17.0 Å². The zero-order chi connectivity index (χ0) is 32.0. The Hall–Kier alpha value is -3.58. The fourth-order valence-electron chi connectivity index (χ4n) is 4.52. The van der Waals surface area contributed by atoms with Gasteiger partial charge in [0.2, 0.25) is 11.7 Å². The molecule has 1 aliphatic rings. The molecule has 1 fully saturated rings. The predicted octanol–water partition coefficient (Wildman–Crippen LogP) is 7.59. The number of hydrogen-bond acceptors (Lipinski definition) is 3. The molecule has 4 rings (SSSR count). The number of alkyl halides is 7. The summed E-state index contributed by atoms with van der Waals surface area (Å²) in [4.78, 5) is 37.0. The van der Waals surface area contributed by atoms with Crippen molar-refractivity contribution in [3.63, 3.8) is 0 Å². The fraction of sp³-hybridized carbons (Fsp3) is 0.250. The molecular weight excluding hydrogens is 640 g/mol. The normalized spacial score (nSPS) is 17.6. The maximum atomic E-state index is 14.8. The van der Waals surface area contributed by atoms with E-state index >= 15 is 0 Å². The van der Waals surface area contributed by atoms with E-state index in [2.05, 4.69) is 5.32 Å². The lowest BCUT2D eigenvalue weighted by atomic mass is 9.97. The summed E-state index contributed by atoms with van der Waals surface area (Å²) in [6.45, 7) is 0. The summed E-state index contributed by atoms with van der Waals surface area (Å²) < 4.78 is 120. The lowest BCUT2D eigenvalue weighted by Gasteiger charge is -2.11. The first-order valence-electron chi connectivity index (χ1n) is 12.1. The quantitative estimate of drug-likeness (QED) is 0.147. The molecule has 0 bridgehead atoms. The first kappa shape index (κ1) is 32.3. The maximum absolute atomic E-state index is 14.8. The number of carbonyl (C=O) groups is 3. The van der Waals surface area contributed by atoms with Crippen molar-refractivity contribution in [1.29, 1.82) is 0 Å². The van der Waals surface area contributed by atoms with Crippen molar-refractivity contribution in [3.8, 4) is 0 Å². The molecule has 3 aromatic carbocycles. The molecule has 4 nitrogen and oxygen atoms in total. The topological polar surface area (TPSA) is 63.2 Å². The highest BCUT2D eigenvalue weighted by Gasteiger charge is 2.67. The molecule has 43 heavy (non-hydrogen) atoms. The summed E-state index contributed by atoms with van der Waals surface area (Å²) in [7, 11) is 0. The number of carbonyl (C=O) groups excluding carboxylic acids is 3. The molecule has 0 saturated heterocycles. The Balaban J connectivity index is 1.53. The summed E-state index contributed by atoms with van der Waals surface area (Å²) >= 11 is 12.3. The minimum Gasteiger partial charge on any atom is -0.326 e. The SMILES string of the molecule is O=C(Cc1ccc(F)c(CC(=O)C(F)F)c1F)c1cc(NC(=O)[C@H]2[C@H](c3ccc(F)c(C(F)(F)F)c3)C2(Cl)Cl)ccc1F. The van der Waals surface area contributed by atoms with Crippen molar-refractivity contribution in [2.75, 3.05) is 5.32 Å². The van der Waals surface area contributed by atoms with E-state index in [-0.39, 0.29) is 11.3 Å². The molecule has 2 atom stereocenters. The molecule has 0 radical (unpaired) electrons. The van der Waals surface area contributed by atoms with Gasteiger partial charge in [-0.25, -0.2) is 26.3 Å². The average molecular weight is 656 g/mol. The van der Waals surface area contributed by atoms with Crippen LogP contribution in [0.5, 0.6) is 0 Å². The Labute approximate surface area is 246 Å². The third kappa shape index (κ3) is 6.67. The number of amides is 1. The summed E-state index contributed by atoms with van der Waals surface area (Å²) in [5.41, 5.74) is -4.15. The number of ketones is 2. The van der Waals surface area contributed by atoms with Gasteiger partial charge in [-0.2, -0.15) is 13.2 Å². The zero-order valence-electron chi connectivity index (χ0n) is 21.1. The van der Waals surface area contributed by atoms with Crippen molar-refractivity contribution in [3.05, 3.63) is 99.6 Å². The molecular formula is C28H16Cl2F9NO3. The minimum absolute atomic E-state index is 0.176. The van der Waals surface area contributed by atoms with Crippen LogP contribution in [-0.4, -0.2) is 28.2 Å². The average Bonchev–Trinajstić information content (AvgIpc) is 3.50. The molecule has 0 unspecified atom stereocenters. The van der Waals surface area contributed by atoms with Gasteiger partial charge in [0.1, 0.15) is 27.6 Å². The standard InChI is InChI=1S/C28H16Cl2F9NO3/c29-27(30)22(11-1-5-19(33)16(7-11)28(37,38)39)23(27)26(43)40-13-3-6-17(31)14(9-13)20(41)8-12-2-4-18(32)15(24(12)34)10-21(42)25(35)36/h1-7,9,22-23,25H,8,10H2,(H,40,43)/t22-,23+/m0/s1. The van der Waals surface area contributed by atoms with Gasteiger partial charge < -0.3 is 5.32 Å². The van der Waals surface area contributed by atoms with Gasteiger partial charge in [-0.1, -0.05) is 12.1 Å². The molecule has 1 aliphatic carbocycles. The molecule has 0 heterocycles. The third-order valence-corrected chi connectivity index (χ3v) is 7.68. The number of rotatable bonds is 9. The first-order valence-corrected chi connectivity index (χ1v) is 12.8. The molecule has 0 aromatic heterocycles. The van der Waals surface area contributed by atoms with Gasteiger partial charge in [-0.15, -0.1) is 23.2 Å². The van der Waals surface area contributed by atoms with Gasteiger partial charge in [0, 0.05) is 30.0 Å². The number of anilines is 1.